The molecule has 0 spiro atoms. The molecule has 0 radical (unpaired) electrons. The molecule has 5 rings (SSSR count). The van der Waals surface area contributed by atoms with Gasteiger partial charge in [-0.05, 0) is 66.8 Å². The predicted molar refractivity (Wildman–Crippen MR) is 122 cm³/mol. The molecule has 1 atom stereocenters. The number of nitrogens with zero attached hydrogens (tertiary/aromatic N) is 2. The van der Waals surface area contributed by atoms with Crippen molar-refractivity contribution in [3.63, 3.8) is 0 Å². The van der Waals surface area contributed by atoms with Gasteiger partial charge in [-0.15, -0.1) is 0 Å². The van der Waals surface area contributed by atoms with Crippen molar-refractivity contribution in [2.45, 2.75) is 44.4 Å². The van der Waals surface area contributed by atoms with Gasteiger partial charge in [0.2, 0.25) is 12.7 Å². The number of carbonyl (C=O) groups is 2. The van der Waals surface area contributed by atoms with E-state index in [0.29, 0.717) is 31.0 Å². The highest BCUT2D eigenvalue weighted by atomic mass is 16.7. The maximum absolute atomic E-state index is 12.9. The molecule has 1 amide bonds. The summed E-state index contributed by atoms with van der Waals surface area (Å²) in [6.07, 6.45) is 4.04. The van der Waals surface area contributed by atoms with Gasteiger partial charge >= 0.3 is 5.97 Å². The zero-order valence-electron chi connectivity index (χ0n) is 18.6. The molecule has 8 nitrogen and oxygen atoms in total. The van der Waals surface area contributed by atoms with Gasteiger partial charge in [0, 0.05) is 19.6 Å². The minimum Gasteiger partial charge on any atom is -0.481 e. The molecule has 3 aliphatic rings. The van der Waals surface area contributed by atoms with Crippen molar-refractivity contribution >= 4 is 17.7 Å². The fraction of sp³-hybridized carbons (Fsp3) is 0.480. The maximum Gasteiger partial charge on any atom is 0.303 e. The Labute approximate surface area is 192 Å². The molecule has 1 saturated heterocycles. The number of amides is 1. The number of aromatic nitrogens is 1. The van der Waals surface area contributed by atoms with E-state index in [0.717, 1.165) is 49.3 Å². The topological polar surface area (TPSA) is 101 Å². The molecule has 174 valence electrons. The summed E-state index contributed by atoms with van der Waals surface area (Å²) in [5.41, 5.74) is 2.96. The van der Waals surface area contributed by atoms with Crippen LogP contribution in [-0.2, 0) is 22.4 Å². The molecule has 0 aliphatic carbocycles. The van der Waals surface area contributed by atoms with Gasteiger partial charge in [0.05, 0.1) is 18.5 Å². The van der Waals surface area contributed by atoms with Crippen molar-refractivity contribution < 1.29 is 24.2 Å². The summed E-state index contributed by atoms with van der Waals surface area (Å²) in [7, 11) is 0. The molecule has 0 saturated carbocycles. The number of hydrogen-bond acceptors (Lipinski definition) is 6. The van der Waals surface area contributed by atoms with E-state index in [1.807, 2.05) is 29.2 Å². The molecule has 0 bridgehead atoms. The highest BCUT2D eigenvalue weighted by Gasteiger charge is 2.32. The highest BCUT2D eigenvalue weighted by molar-refractivity contribution is 5.78. The lowest BCUT2D eigenvalue weighted by Gasteiger charge is -2.36. The first-order chi connectivity index (χ1) is 16.1. The summed E-state index contributed by atoms with van der Waals surface area (Å²) in [6.45, 7) is 2.38. The van der Waals surface area contributed by atoms with E-state index in [2.05, 4.69) is 16.4 Å². The molecule has 3 aliphatic heterocycles. The average Bonchev–Trinajstić information content (AvgIpc) is 3.30. The summed E-state index contributed by atoms with van der Waals surface area (Å²) in [6, 6.07) is 9.73. The van der Waals surface area contributed by atoms with Crippen LogP contribution in [0.15, 0.2) is 30.3 Å². The molecule has 33 heavy (non-hydrogen) atoms. The standard InChI is InChI=1S/C25H29N3O5/c29-23(13-19-5-3-17-2-1-9-26-25(17)27-19)28-10-7-16(8-11-28)20(14-24(30)31)18-4-6-21-22(12-18)33-15-32-21/h3-6,12,16,20H,1-2,7-11,13-15H2,(H,26,27)(H,30,31). The van der Waals surface area contributed by atoms with Crippen LogP contribution in [0.3, 0.4) is 0 Å². The number of carboxylic acid groups (broad SMARTS) is 1. The van der Waals surface area contributed by atoms with E-state index in [1.54, 1.807) is 0 Å². The number of fused-ring (bicyclic) bond motifs is 2. The van der Waals surface area contributed by atoms with Gasteiger partial charge in [-0.1, -0.05) is 12.1 Å². The molecular weight excluding hydrogens is 422 g/mol. The lowest BCUT2D eigenvalue weighted by Crippen LogP contribution is -2.40. The van der Waals surface area contributed by atoms with Crippen molar-refractivity contribution in [3.05, 3.63) is 47.2 Å². The van der Waals surface area contributed by atoms with Gasteiger partial charge in [-0.3, -0.25) is 9.59 Å². The number of anilines is 1. The molecule has 1 aromatic heterocycles. The number of carboxylic acids is 1. The van der Waals surface area contributed by atoms with E-state index in [9.17, 15) is 14.7 Å². The third-order valence-corrected chi connectivity index (χ3v) is 6.96. The number of hydrogen-bond donors (Lipinski definition) is 2. The molecule has 2 N–H and O–H groups in total. The Hall–Kier alpha value is -3.29. The van der Waals surface area contributed by atoms with Crippen molar-refractivity contribution in [1.82, 2.24) is 9.88 Å². The summed E-state index contributed by atoms with van der Waals surface area (Å²) in [4.78, 5) is 31.1. The number of nitrogens with one attached hydrogen (secondary N) is 1. The Morgan fingerprint density at radius 2 is 1.97 bits per heavy atom. The summed E-state index contributed by atoms with van der Waals surface area (Å²) in [5, 5.41) is 12.8. The number of carbonyl (C=O) groups excluding carboxylic acids is 1. The van der Waals surface area contributed by atoms with Gasteiger partial charge in [0.1, 0.15) is 5.82 Å². The Morgan fingerprint density at radius 3 is 2.79 bits per heavy atom. The van der Waals surface area contributed by atoms with Crippen molar-refractivity contribution in [2.75, 3.05) is 31.7 Å². The fourth-order valence-corrected chi connectivity index (χ4v) is 5.17. The van der Waals surface area contributed by atoms with E-state index >= 15 is 0 Å². The van der Waals surface area contributed by atoms with Gasteiger partial charge in [-0.2, -0.15) is 0 Å². The third kappa shape index (κ3) is 4.74. The number of aryl methyl sites for hydroxylation is 1. The molecule has 1 aromatic carbocycles. The quantitative estimate of drug-likeness (QED) is 0.695. The zero-order valence-corrected chi connectivity index (χ0v) is 18.6. The number of ether oxygens (including phenoxy) is 2. The first-order valence-corrected chi connectivity index (χ1v) is 11.7. The van der Waals surface area contributed by atoms with Crippen LogP contribution in [0.1, 0.15) is 48.4 Å². The Kier molecular flexibility index (Phi) is 6.07. The van der Waals surface area contributed by atoms with Crippen molar-refractivity contribution in [2.24, 2.45) is 5.92 Å². The van der Waals surface area contributed by atoms with E-state index in [1.165, 1.54) is 5.56 Å². The van der Waals surface area contributed by atoms with E-state index < -0.39 is 5.97 Å². The largest absolute Gasteiger partial charge is 0.481 e. The molecular formula is C25H29N3O5. The molecule has 1 fully saturated rings. The van der Waals surface area contributed by atoms with Gasteiger partial charge in [0.15, 0.2) is 11.5 Å². The lowest BCUT2D eigenvalue weighted by atomic mass is 9.78. The number of benzene rings is 1. The second kappa shape index (κ2) is 9.29. The summed E-state index contributed by atoms with van der Waals surface area (Å²) < 4.78 is 10.9. The minimum absolute atomic E-state index is 0.0598. The molecule has 4 heterocycles. The first kappa shape index (κ1) is 21.6. The molecule has 8 heteroatoms. The number of pyridine rings is 1. The van der Waals surface area contributed by atoms with Crippen LogP contribution < -0.4 is 14.8 Å². The van der Waals surface area contributed by atoms with Gasteiger partial charge in [0.25, 0.3) is 0 Å². The first-order valence-electron chi connectivity index (χ1n) is 11.7. The molecule has 1 unspecified atom stereocenters. The smallest absolute Gasteiger partial charge is 0.303 e. The van der Waals surface area contributed by atoms with Gasteiger partial charge in [-0.25, -0.2) is 4.98 Å². The number of likely N-dealkylation sites (tertiary alicyclic amines) is 1. The minimum atomic E-state index is -0.816. The number of aliphatic carboxylic acids is 1. The second-order valence-corrected chi connectivity index (χ2v) is 9.05. The Morgan fingerprint density at radius 1 is 1.15 bits per heavy atom. The Bertz CT molecular complexity index is 1050. The number of rotatable bonds is 6. The maximum atomic E-state index is 12.9. The van der Waals surface area contributed by atoms with Crippen LogP contribution in [0.2, 0.25) is 0 Å². The van der Waals surface area contributed by atoms with Crippen molar-refractivity contribution in [1.29, 1.82) is 0 Å². The second-order valence-electron chi connectivity index (χ2n) is 9.05. The van der Waals surface area contributed by atoms with Crippen LogP contribution in [0.4, 0.5) is 5.82 Å². The normalized spacial score (nSPS) is 18.4. The highest BCUT2D eigenvalue weighted by Crippen LogP contribution is 2.40. The van der Waals surface area contributed by atoms with E-state index in [4.69, 9.17) is 9.47 Å². The van der Waals surface area contributed by atoms with E-state index in [-0.39, 0.29) is 31.0 Å². The third-order valence-electron chi connectivity index (χ3n) is 6.96. The van der Waals surface area contributed by atoms with Crippen LogP contribution >= 0.6 is 0 Å². The monoisotopic (exact) mass is 451 g/mol. The molecule has 2 aromatic rings. The van der Waals surface area contributed by atoms with Crippen LogP contribution in [0, 0.1) is 5.92 Å². The lowest BCUT2D eigenvalue weighted by molar-refractivity contribution is -0.138. The summed E-state index contributed by atoms with van der Waals surface area (Å²) in [5.74, 6) is 1.60. The Balaban J connectivity index is 1.22. The fourth-order valence-electron chi connectivity index (χ4n) is 5.17. The van der Waals surface area contributed by atoms with Crippen LogP contribution in [0.5, 0.6) is 11.5 Å². The zero-order chi connectivity index (χ0) is 22.8. The SMILES string of the molecule is O=C(O)CC(c1ccc2c(c1)OCO2)C1CCN(C(=O)Cc2ccc3c(n2)NCCC3)CC1. The average molecular weight is 452 g/mol. The number of piperidine rings is 1. The van der Waals surface area contributed by atoms with Crippen molar-refractivity contribution in [3.8, 4) is 11.5 Å². The predicted octanol–water partition coefficient (Wildman–Crippen LogP) is 3.21. The van der Waals surface area contributed by atoms with Crippen LogP contribution in [-0.4, -0.2) is 53.3 Å². The van der Waals surface area contributed by atoms with Crippen LogP contribution in [0.25, 0.3) is 0 Å². The van der Waals surface area contributed by atoms with Gasteiger partial charge < -0.3 is 24.8 Å². The summed E-state index contributed by atoms with van der Waals surface area (Å²) >= 11 is 0.